The molecule has 68 valence electrons. The number of nitrogens with one attached hydrogen (secondary N) is 1. The average molecular weight is 258 g/mol. The van der Waals surface area contributed by atoms with E-state index in [9.17, 15) is 0 Å². The largest absolute Gasteiger partial charge is 0.495 e. The van der Waals surface area contributed by atoms with Crippen LogP contribution in [0.15, 0.2) is 16.6 Å². The summed E-state index contributed by atoms with van der Waals surface area (Å²) in [5.74, 6) is 0.845. The van der Waals surface area contributed by atoms with E-state index >= 15 is 0 Å². The SMILES string of the molecule is COc1ccc(Br)c2c1NC(=S)C2. The van der Waals surface area contributed by atoms with Crippen LogP contribution >= 0.6 is 28.1 Å². The van der Waals surface area contributed by atoms with Gasteiger partial charge in [-0.05, 0) is 12.1 Å². The summed E-state index contributed by atoms with van der Waals surface area (Å²) in [6, 6.07) is 3.90. The third-order valence-electron chi connectivity index (χ3n) is 2.04. The number of hydrogen-bond donors (Lipinski definition) is 1. The quantitative estimate of drug-likeness (QED) is 0.782. The number of rotatable bonds is 1. The Labute approximate surface area is 90.4 Å². The zero-order chi connectivity index (χ0) is 9.42. The van der Waals surface area contributed by atoms with Crippen molar-refractivity contribution in [1.29, 1.82) is 0 Å². The number of thiocarbonyl (C=S) groups is 1. The molecule has 0 aromatic heterocycles. The molecule has 0 bridgehead atoms. The lowest BCUT2D eigenvalue weighted by Crippen LogP contribution is -2.01. The molecule has 2 rings (SSSR count). The van der Waals surface area contributed by atoms with Gasteiger partial charge in [0.1, 0.15) is 5.75 Å². The van der Waals surface area contributed by atoms with Crippen molar-refractivity contribution in [1.82, 2.24) is 0 Å². The molecule has 0 radical (unpaired) electrons. The highest BCUT2D eigenvalue weighted by Gasteiger charge is 2.20. The highest BCUT2D eigenvalue weighted by Crippen LogP contribution is 2.37. The second-order valence-corrected chi connectivity index (χ2v) is 4.18. The molecule has 0 atom stereocenters. The minimum atomic E-state index is 0.794. The van der Waals surface area contributed by atoms with Gasteiger partial charge in [0.15, 0.2) is 0 Å². The zero-order valence-corrected chi connectivity index (χ0v) is 9.46. The number of anilines is 1. The van der Waals surface area contributed by atoms with E-state index in [2.05, 4.69) is 21.2 Å². The first-order chi connectivity index (χ1) is 6.22. The fourth-order valence-electron chi connectivity index (χ4n) is 1.43. The van der Waals surface area contributed by atoms with Crippen molar-refractivity contribution < 1.29 is 4.74 Å². The van der Waals surface area contributed by atoms with E-state index in [0.29, 0.717) is 0 Å². The first kappa shape index (κ1) is 8.97. The predicted molar refractivity (Wildman–Crippen MR) is 60.6 cm³/mol. The summed E-state index contributed by atoms with van der Waals surface area (Å²) < 4.78 is 6.30. The highest BCUT2D eigenvalue weighted by atomic mass is 79.9. The molecular weight excluding hydrogens is 250 g/mol. The molecule has 0 fully saturated rings. The smallest absolute Gasteiger partial charge is 0.142 e. The van der Waals surface area contributed by atoms with Crippen molar-refractivity contribution in [2.24, 2.45) is 0 Å². The minimum absolute atomic E-state index is 0.794. The van der Waals surface area contributed by atoms with Gasteiger partial charge in [-0.15, -0.1) is 0 Å². The van der Waals surface area contributed by atoms with Gasteiger partial charge in [0.25, 0.3) is 0 Å². The minimum Gasteiger partial charge on any atom is -0.495 e. The molecule has 13 heavy (non-hydrogen) atoms. The van der Waals surface area contributed by atoms with E-state index in [1.165, 1.54) is 5.56 Å². The van der Waals surface area contributed by atoms with E-state index in [0.717, 1.165) is 27.3 Å². The molecule has 4 heteroatoms. The van der Waals surface area contributed by atoms with Gasteiger partial charge in [-0.2, -0.15) is 0 Å². The third kappa shape index (κ3) is 1.44. The van der Waals surface area contributed by atoms with Gasteiger partial charge in [-0.25, -0.2) is 0 Å². The van der Waals surface area contributed by atoms with E-state index in [-0.39, 0.29) is 0 Å². The summed E-state index contributed by atoms with van der Waals surface area (Å²) in [7, 11) is 1.66. The molecule has 0 amide bonds. The molecule has 0 saturated heterocycles. The molecule has 1 aromatic carbocycles. The Balaban J connectivity index is 2.58. The zero-order valence-electron chi connectivity index (χ0n) is 7.06. The Kier molecular flexibility index (Phi) is 2.26. The van der Waals surface area contributed by atoms with E-state index < -0.39 is 0 Å². The topological polar surface area (TPSA) is 21.3 Å². The summed E-state index contributed by atoms with van der Waals surface area (Å²) in [5.41, 5.74) is 2.19. The molecule has 1 heterocycles. The van der Waals surface area contributed by atoms with Crippen LogP contribution in [0, 0.1) is 0 Å². The molecule has 0 spiro atoms. The Hall–Kier alpha value is -0.610. The van der Waals surface area contributed by atoms with Gasteiger partial charge >= 0.3 is 0 Å². The Bertz CT molecular complexity index is 378. The normalized spacial score (nSPS) is 13.8. The summed E-state index contributed by atoms with van der Waals surface area (Å²) in [6.07, 6.45) is 0.794. The Morgan fingerprint density at radius 3 is 3.00 bits per heavy atom. The van der Waals surface area contributed by atoms with E-state index in [1.54, 1.807) is 7.11 Å². The monoisotopic (exact) mass is 257 g/mol. The van der Waals surface area contributed by atoms with Crippen molar-refractivity contribution in [2.75, 3.05) is 12.4 Å². The van der Waals surface area contributed by atoms with Gasteiger partial charge < -0.3 is 10.1 Å². The van der Waals surface area contributed by atoms with Crippen LogP contribution in [0.1, 0.15) is 5.56 Å². The maximum atomic E-state index is 5.22. The van der Waals surface area contributed by atoms with E-state index in [1.807, 2.05) is 12.1 Å². The number of hydrogen-bond acceptors (Lipinski definition) is 2. The highest BCUT2D eigenvalue weighted by molar-refractivity contribution is 9.10. The number of benzene rings is 1. The van der Waals surface area contributed by atoms with Gasteiger partial charge in [0, 0.05) is 16.5 Å². The molecule has 0 unspecified atom stereocenters. The number of methoxy groups -OCH3 is 1. The van der Waals surface area contributed by atoms with Crippen molar-refractivity contribution in [3.63, 3.8) is 0 Å². The van der Waals surface area contributed by atoms with E-state index in [4.69, 9.17) is 17.0 Å². The van der Waals surface area contributed by atoms with Crippen LogP contribution in [-0.4, -0.2) is 12.1 Å². The molecule has 0 saturated carbocycles. The summed E-state index contributed by atoms with van der Waals surface area (Å²) in [5, 5.41) is 3.13. The van der Waals surface area contributed by atoms with Gasteiger partial charge in [-0.1, -0.05) is 28.1 Å². The lowest BCUT2D eigenvalue weighted by molar-refractivity contribution is 0.417. The van der Waals surface area contributed by atoms with Crippen molar-refractivity contribution >= 4 is 38.8 Å². The van der Waals surface area contributed by atoms with Crippen molar-refractivity contribution in [2.45, 2.75) is 6.42 Å². The van der Waals surface area contributed by atoms with Crippen LogP contribution in [0.2, 0.25) is 0 Å². The Morgan fingerprint density at radius 2 is 2.31 bits per heavy atom. The van der Waals surface area contributed by atoms with Crippen LogP contribution in [0.25, 0.3) is 0 Å². The molecule has 2 nitrogen and oxygen atoms in total. The number of halogens is 1. The maximum absolute atomic E-state index is 5.22. The Morgan fingerprint density at radius 1 is 1.54 bits per heavy atom. The van der Waals surface area contributed by atoms with Crippen LogP contribution < -0.4 is 10.1 Å². The van der Waals surface area contributed by atoms with Gasteiger partial charge in [-0.3, -0.25) is 0 Å². The third-order valence-corrected chi connectivity index (χ3v) is 3.03. The molecule has 1 aromatic rings. The predicted octanol–water partition coefficient (Wildman–Crippen LogP) is 2.75. The molecule has 1 aliphatic heterocycles. The summed E-state index contributed by atoms with van der Waals surface area (Å²) in [6.45, 7) is 0. The lowest BCUT2D eigenvalue weighted by Gasteiger charge is -2.07. The number of ether oxygens (including phenoxy) is 1. The molecule has 1 N–H and O–H groups in total. The van der Waals surface area contributed by atoms with Crippen molar-refractivity contribution in [3.05, 3.63) is 22.2 Å². The average Bonchev–Trinajstić information content (AvgIpc) is 2.48. The molecule has 1 aliphatic rings. The second-order valence-electron chi connectivity index (χ2n) is 2.83. The molecule has 0 aliphatic carbocycles. The van der Waals surface area contributed by atoms with Crippen LogP contribution in [0.4, 0.5) is 5.69 Å². The van der Waals surface area contributed by atoms with Gasteiger partial charge in [0.2, 0.25) is 0 Å². The lowest BCUT2D eigenvalue weighted by atomic mass is 10.1. The number of fused-ring (bicyclic) bond motifs is 1. The maximum Gasteiger partial charge on any atom is 0.142 e. The summed E-state index contributed by atoms with van der Waals surface area (Å²) >= 11 is 8.59. The van der Waals surface area contributed by atoms with Crippen LogP contribution in [-0.2, 0) is 6.42 Å². The van der Waals surface area contributed by atoms with Gasteiger partial charge in [0.05, 0.1) is 17.8 Å². The fraction of sp³-hybridized carbons (Fsp3) is 0.222. The van der Waals surface area contributed by atoms with Crippen molar-refractivity contribution in [3.8, 4) is 5.75 Å². The first-order valence-corrected chi connectivity index (χ1v) is 5.07. The van der Waals surface area contributed by atoms with Crippen LogP contribution in [0.3, 0.4) is 0 Å². The standard InChI is InChI=1S/C9H8BrNOS/c1-12-7-3-2-6(10)5-4-8(13)11-9(5)7/h2-3H,4H2,1H3,(H,11,13). The second kappa shape index (κ2) is 3.27. The summed E-state index contributed by atoms with van der Waals surface area (Å²) in [4.78, 5) is 0.847. The fourth-order valence-corrected chi connectivity index (χ4v) is 2.14. The van der Waals surface area contributed by atoms with Crippen LogP contribution in [0.5, 0.6) is 5.75 Å². The first-order valence-electron chi connectivity index (χ1n) is 3.87. The molecular formula is C9H8BrNOS.